The van der Waals surface area contributed by atoms with Crippen molar-refractivity contribution in [3.05, 3.63) is 0 Å². The van der Waals surface area contributed by atoms with Crippen molar-refractivity contribution in [3.8, 4) is 0 Å². The van der Waals surface area contributed by atoms with Crippen molar-refractivity contribution >= 4 is 23.0 Å². The van der Waals surface area contributed by atoms with Crippen LogP contribution in [-0.2, 0) is 4.74 Å². The topological polar surface area (TPSA) is 9.23 Å². The van der Waals surface area contributed by atoms with Gasteiger partial charge in [0.25, 0.3) is 0 Å². The molecule has 0 aliphatic rings. The molecule has 0 rings (SSSR count). The van der Waals surface area contributed by atoms with E-state index in [1.807, 2.05) is 6.92 Å². The van der Waals surface area contributed by atoms with Gasteiger partial charge in [0.05, 0.1) is 0 Å². The molecule has 0 aliphatic heterocycles. The molecule has 0 aromatic heterocycles. The first-order valence-electron chi connectivity index (χ1n) is 1.69. The van der Waals surface area contributed by atoms with Crippen molar-refractivity contribution in [2.45, 2.75) is 6.92 Å². The molecule has 0 aliphatic carbocycles. The second-order valence-electron chi connectivity index (χ2n) is 0.659. The molecular weight excluding hydrogens is 174 g/mol. The Bertz CT molecular complexity index is 14.4. The quantitative estimate of drug-likeness (QED) is 0.529. The van der Waals surface area contributed by atoms with Gasteiger partial charge in [-0.25, -0.2) is 0 Å². The van der Waals surface area contributed by atoms with Crippen molar-refractivity contribution in [3.63, 3.8) is 0 Å². The fourth-order valence-electron chi connectivity index (χ4n) is 0.118. The molecule has 0 bridgehead atoms. The van der Waals surface area contributed by atoms with Crippen LogP contribution in [0.2, 0.25) is 0 Å². The van der Waals surface area contributed by atoms with E-state index in [-0.39, 0.29) is 0 Å². The van der Waals surface area contributed by atoms with Gasteiger partial charge in [0.15, 0.2) is 0 Å². The zero-order valence-corrected chi connectivity index (χ0v) is 6.70. The first-order valence-corrected chi connectivity index (χ1v) is 4.02. The van der Waals surface area contributed by atoms with Crippen LogP contribution >= 0.6 is 0 Å². The maximum atomic E-state index is 4.89. The standard InChI is InChI=1S/C3H7O.Sb.2H/c1-3-4-2;;;/h2-3H2,1H3;;;. The van der Waals surface area contributed by atoms with E-state index in [1.54, 1.807) is 0 Å². The van der Waals surface area contributed by atoms with Gasteiger partial charge >= 0.3 is 45.8 Å². The van der Waals surface area contributed by atoms with Crippen LogP contribution in [0.5, 0.6) is 0 Å². The molecule has 0 saturated heterocycles. The molecule has 0 aromatic carbocycles. The van der Waals surface area contributed by atoms with Gasteiger partial charge in [-0.1, -0.05) is 0 Å². The Morgan fingerprint density at radius 2 is 2.40 bits per heavy atom. The third kappa shape index (κ3) is 4.78. The summed E-state index contributed by atoms with van der Waals surface area (Å²) in [4.78, 5) is 0. The van der Waals surface area contributed by atoms with Crippen molar-refractivity contribution in [1.29, 1.82) is 0 Å². The van der Waals surface area contributed by atoms with Crippen LogP contribution in [0.4, 0.5) is 0 Å². The first kappa shape index (κ1) is 5.78. The summed E-state index contributed by atoms with van der Waals surface area (Å²) in [6, 6.07) is 0. The summed E-state index contributed by atoms with van der Waals surface area (Å²) >= 11 is 1.23. The van der Waals surface area contributed by atoms with Gasteiger partial charge < -0.3 is 0 Å². The molecule has 0 spiro atoms. The molecule has 0 unspecified atom stereocenters. The Morgan fingerprint density at radius 1 is 1.80 bits per heavy atom. The molecule has 1 nitrogen and oxygen atoms in total. The Morgan fingerprint density at radius 3 is 2.40 bits per heavy atom. The van der Waals surface area contributed by atoms with E-state index in [0.29, 0.717) is 0 Å². The summed E-state index contributed by atoms with van der Waals surface area (Å²) in [7, 11) is 0. The molecule has 0 atom stereocenters. The van der Waals surface area contributed by atoms with Crippen molar-refractivity contribution < 1.29 is 4.74 Å². The monoisotopic (exact) mass is 182 g/mol. The van der Waals surface area contributed by atoms with Crippen LogP contribution in [0, 0.1) is 0 Å². The van der Waals surface area contributed by atoms with Crippen LogP contribution < -0.4 is 0 Å². The van der Waals surface area contributed by atoms with Gasteiger partial charge in [0, 0.05) is 0 Å². The Labute approximate surface area is 46.2 Å². The average Bonchev–Trinajstić information content (AvgIpc) is 1.41. The van der Waals surface area contributed by atoms with E-state index in [9.17, 15) is 0 Å². The summed E-state index contributed by atoms with van der Waals surface area (Å²) in [5.74, 6) is 0. The Hall–Kier alpha value is 0.778. The van der Waals surface area contributed by atoms with E-state index >= 15 is 0 Å². The molecule has 0 radical (unpaired) electrons. The predicted molar refractivity (Wildman–Crippen MR) is 25.0 cm³/mol. The summed E-state index contributed by atoms with van der Waals surface area (Å²) < 4.78 is 5.86. The van der Waals surface area contributed by atoms with Gasteiger partial charge in [0.2, 0.25) is 0 Å². The van der Waals surface area contributed by atoms with Crippen LogP contribution in [0.15, 0.2) is 0 Å². The normalized spacial score (nSPS) is 8.40. The summed E-state index contributed by atoms with van der Waals surface area (Å²) in [6.45, 7) is 2.89. The number of rotatable bonds is 2. The molecule has 0 fully saturated rings. The van der Waals surface area contributed by atoms with E-state index in [4.69, 9.17) is 4.74 Å². The Kier molecular flexibility index (Phi) is 5.52. The molecule has 32 valence electrons. The second-order valence-corrected chi connectivity index (χ2v) is 1.61. The van der Waals surface area contributed by atoms with Gasteiger partial charge in [-0.3, -0.25) is 0 Å². The summed E-state index contributed by atoms with van der Waals surface area (Å²) in [6.07, 6.45) is 0. The van der Waals surface area contributed by atoms with Gasteiger partial charge in [-0.15, -0.1) is 0 Å². The zero-order valence-electron chi connectivity index (χ0n) is 3.40. The molecule has 0 saturated carbocycles. The summed E-state index contributed by atoms with van der Waals surface area (Å²) in [5, 5.41) is 0. The molecule has 0 aromatic rings. The minimum atomic E-state index is 0.876. The fourth-order valence-corrected chi connectivity index (χ4v) is 0.791. The maximum absolute atomic E-state index is 4.89. The number of hydrogen-bond acceptors (Lipinski definition) is 1. The fraction of sp³-hybridized carbons (Fsp3) is 1.00. The van der Waals surface area contributed by atoms with E-state index in [1.165, 1.54) is 23.0 Å². The zero-order chi connectivity index (χ0) is 4.12. The van der Waals surface area contributed by atoms with Crippen LogP contribution in [0.25, 0.3) is 0 Å². The molecule has 0 heterocycles. The second kappa shape index (κ2) is 4.78. The minimum absolute atomic E-state index is 0.876. The molecule has 0 N–H and O–H groups in total. The predicted octanol–water partition coefficient (Wildman–Crippen LogP) is -0.386. The third-order valence-electron chi connectivity index (χ3n) is 0.322. The molecule has 0 amide bonds. The Balaban J connectivity index is 2.19. The van der Waals surface area contributed by atoms with E-state index in [2.05, 4.69) is 0 Å². The summed E-state index contributed by atoms with van der Waals surface area (Å²) in [5.41, 5.74) is 0. The van der Waals surface area contributed by atoms with Gasteiger partial charge in [-0.2, -0.15) is 0 Å². The van der Waals surface area contributed by atoms with Crippen molar-refractivity contribution in [1.82, 2.24) is 0 Å². The van der Waals surface area contributed by atoms with Crippen molar-refractivity contribution in [2.75, 3.05) is 11.2 Å². The SMILES string of the molecule is CCO[CH2][SbH2]. The average molecular weight is 183 g/mol. The van der Waals surface area contributed by atoms with Crippen LogP contribution in [-0.4, -0.2) is 34.2 Å². The van der Waals surface area contributed by atoms with E-state index < -0.39 is 0 Å². The molecule has 5 heavy (non-hydrogen) atoms. The third-order valence-corrected chi connectivity index (χ3v) is 0.995. The van der Waals surface area contributed by atoms with Crippen LogP contribution in [0.3, 0.4) is 0 Å². The van der Waals surface area contributed by atoms with Gasteiger partial charge in [-0.05, 0) is 0 Å². The number of hydrogen-bond donors (Lipinski definition) is 0. The molecule has 2 heteroatoms. The van der Waals surface area contributed by atoms with Crippen molar-refractivity contribution in [2.24, 2.45) is 0 Å². The van der Waals surface area contributed by atoms with E-state index in [0.717, 1.165) is 11.2 Å². The first-order chi connectivity index (χ1) is 2.41. The molecular formula is C3H9OSb. The van der Waals surface area contributed by atoms with Gasteiger partial charge in [0.1, 0.15) is 0 Å². The van der Waals surface area contributed by atoms with Crippen LogP contribution in [0.1, 0.15) is 6.92 Å². The number of ether oxygens (including phenoxy) is 1.